The number of aromatic nitrogens is 1. The van der Waals surface area contributed by atoms with Crippen LogP contribution in [0.3, 0.4) is 0 Å². The smallest absolute Gasteiger partial charge is 0.201 e. The van der Waals surface area contributed by atoms with Gasteiger partial charge in [0.15, 0.2) is 0 Å². The van der Waals surface area contributed by atoms with E-state index in [1.807, 2.05) is 73.8 Å². The van der Waals surface area contributed by atoms with Crippen molar-refractivity contribution in [1.29, 1.82) is 0 Å². The van der Waals surface area contributed by atoms with E-state index in [1.165, 1.54) is 11.1 Å². The maximum absolute atomic E-state index is 13.6. The number of carbonyl (C=O) groups excluding carboxylic acids is 1. The number of fused-ring (bicyclic) bond motifs is 1. The Morgan fingerprint density at radius 1 is 1.00 bits per heavy atom. The maximum Gasteiger partial charge on any atom is 0.201 e. The zero-order chi connectivity index (χ0) is 25.6. The Morgan fingerprint density at radius 3 is 2.31 bits per heavy atom. The molecule has 0 bridgehead atoms. The molecule has 0 fully saturated rings. The van der Waals surface area contributed by atoms with Gasteiger partial charge in [-0.3, -0.25) is 4.79 Å². The van der Waals surface area contributed by atoms with Crippen LogP contribution >= 0.6 is 0 Å². The highest BCUT2D eigenvalue weighted by atomic mass is 16.3. The van der Waals surface area contributed by atoms with Crippen LogP contribution in [0.1, 0.15) is 37.0 Å². The number of carbonyl (C=O) groups is 1. The molecule has 1 aromatic heterocycles. The first kappa shape index (κ1) is 23.6. The summed E-state index contributed by atoms with van der Waals surface area (Å²) in [6.07, 6.45) is 2.61. The van der Waals surface area contributed by atoms with E-state index in [9.17, 15) is 9.90 Å². The summed E-state index contributed by atoms with van der Waals surface area (Å²) >= 11 is 0. The number of aliphatic hydroxyl groups excluding tert-OH is 1. The Morgan fingerprint density at radius 2 is 1.64 bits per heavy atom. The zero-order valence-corrected chi connectivity index (χ0v) is 21.3. The third-order valence-electron chi connectivity index (χ3n) is 7.84. The van der Waals surface area contributed by atoms with Crippen LogP contribution in [-0.4, -0.2) is 15.5 Å². The molecule has 180 valence electrons. The molecule has 36 heavy (non-hydrogen) atoms. The van der Waals surface area contributed by atoms with Gasteiger partial charge in [-0.25, -0.2) is 0 Å². The second kappa shape index (κ2) is 8.83. The van der Waals surface area contributed by atoms with Gasteiger partial charge in [0.05, 0.1) is 16.8 Å². The molecule has 5 rings (SSSR count). The predicted octanol–water partition coefficient (Wildman–Crippen LogP) is 7.86. The van der Waals surface area contributed by atoms with Crippen molar-refractivity contribution >= 4 is 22.3 Å². The number of para-hydroxylation sites is 1. The first-order chi connectivity index (χ1) is 17.3. The number of ketones is 1. The molecule has 1 unspecified atom stereocenters. The molecule has 3 nitrogen and oxygen atoms in total. The van der Waals surface area contributed by atoms with Gasteiger partial charge in [-0.05, 0) is 47.8 Å². The van der Waals surface area contributed by atoms with Gasteiger partial charge in [-0.2, -0.15) is 0 Å². The molecular formula is C33H31NO2. The summed E-state index contributed by atoms with van der Waals surface area (Å²) in [5.41, 5.74) is 7.26. The number of hydrogen-bond acceptors (Lipinski definition) is 2. The number of hydrogen-bond donors (Lipinski definition) is 1. The van der Waals surface area contributed by atoms with Crippen LogP contribution in [0.5, 0.6) is 0 Å². The van der Waals surface area contributed by atoms with Gasteiger partial charge < -0.3 is 9.67 Å². The fourth-order valence-corrected chi connectivity index (χ4v) is 5.48. The average molecular weight is 474 g/mol. The molecule has 3 heteroatoms. The van der Waals surface area contributed by atoms with E-state index in [2.05, 4.69) is 44.0 Å². The third-order valence-corrected chi connectivity index (χ3v) is 7.84. The van der Waals surface area contributed by atoms with Crippen molar-refractivity contribution in [3.05, 3.63) is 125 Å². The molecule has 1 aliphatic carbocycles. The minimum Gasteiger partial charge on any atom is -0.506 e. The Labute approximate surface area is 212 Å². The van der Waals surface area contributed by atoms with Gasteiger partial charge in [-0.1, -0.05) is 93.2 Å². The van der Waals surface area contributed by atoms with Crippen molar-refractivity contribution in [3.8, 4) is 11.3 Å². The molecule has 0 amide bonds. The van der Waals surface area contributed by atoms with Crippen LogP contribution in [-0.2, 0) is 17.3 Å². The predicted molar refractivity (Wildman–Crippen MR) is 149 cm³/mol. The highest BCUT2D eigenvalue weighted by Crippen LogP contribution is 2.46. The lowest BCUT2D eigenvalue weighted by Gasteiger charge is -2.33. The van der Waals surface area contributed by atoms with E-state index < -0.39 is 0 Å². The molecule has 0 aliphatic heterocycles. The molecule has 1 atom stereocenters. The number of rotatable bonds is 6. The number of nitrogens with zero attached hydrogens (tertiary/aromatic N) is 1. The van der Waals surface area contributed by atoms with E-state index in [0.29, 0.717) is 11.1 Å². The van der Waals surface area contributed by atoms with Crippen molar-refractivity contribution in [2.75, 3.05) is 0 Å². The van der Waals surface area contributed by atoms with Crippen molar-refractivity contribution in [1.82, 2.24) is 4.57 Å². The average Bonchev–Trinajstić information content (AvgIpc) is 3.19. The van der Waals surface area contributed by atoms with Crippen LogP contribution < -0.4 is 0 Å². The molecule has 0 radical (unpaired) electrons. The maximum atomic E-state index is 13.6. The van der Waals surface area contributed by atoms with Crippen molar-refractivity contribution in [2.24, 2.45) is 7.05 Å². The van der Waals surface area contributed by atoms with Crippen molar-refractivity contribution in [2.45, 2.75) is 32.6 Å². The van der Waals surface area contributed by atoms with E-state index in [4.69, 9.17) is 0 Å². The Kier molecular flexibility index (Phi) is 5.80. The standard InChI is InChI=1S/C33H31NO2/c1-6-33(4,26-18-12-10-14-21(26)2)22(3)20-25-31(35)29(32(25)36)28-24-17-11-13-19-27(24)34(5)30(28)23-15-8-7-9-16-23/h7-20,35H,3,6H2,1-2,4-5H3/b25-20-. The Bertz CT molecular complexity index is 1580. The van der Waals surface area contributed by atoms with E-state index >= 15 is 0 Å². The molecular weight excluding hydrogens is 442 g/mol. The van der Waals surface area contributed by atoms with Crippen LogP contribution in [0.2, 0.25) is 0 Å². The topological polar surface area (TPSA) is 42.2 Å². The van der Waals surface area contributed by atoms with Gasteiger partial charge in [0.1, 0.15) is 5.76 Å². The molecule has 0 saturated carbocycles. The summed E-state index contributed by atoms with van der Waals surface area (Å²) in [7, 11) is 2.00. The van der Waals surface area contributed by atoms with Crippen molar-refractivity contribution in [3.63, 3.8) is 0 Å². The first-order valence-electron chi connectivity index (χ1n) is 12.4. The lowest BCUT2D eigenvalue weighted by atomic mass is 9.71. The van der Waals surface area contributed by atoms with E-state index in [-0.39, 0.29) is 17.0 Å². The largest absolute Gasteiger partial charge is 0.506 e. The molecule has 1 N–H and O–H groups in total. The van der Waals surface area contributed by atoms with Crippen LogP contribution in [0.25, 0.3) is 27.7 Å². The summed E-state index contributed by atoms with van der Waals surface area (Å²) in [5, 5.41) is 12.2. The fourth-order valence-electron chi connectivity index (χ4n) is 5.48. The minimum absolute atomic E-state index is 0.0397. The summed E-state index contributed by atoms with van der Waals surface area (Å²) in [5.74, 6) is -0.108. The van der Waals surface area contributed by atoms with E-state index in [1.54, 1.807) is 6.08 Å². The fraction of sp³-hybridized carbons (Fsp3) is 0.182. The summed E-state index contributed by atoms with van der Waals surface area (Å²) in [4.78, 5) is 13.6. The van der Waals surface area contributed by atoms with Crippen LogP contribution in [0.15, 0.2) is 108 Å². The van der Waals surface area contributed by atoms with Crippen molar-refractivity contribution < 1.29 is 9.90 Å². The Balaban J connectivity index is 1.65. The van der Waals surface area contributed by atoms with Crippen LogP contribution in [0, 0.1) is 6.92 Å². The number of benzene rings is 3. The molecule has 4 aromatic rings. The molecule has 1 aliphatic rings. The highest BCUT2D eigenvalue weighted by molar-refractivity contribution is 6.41. The highest BCUT2D eigenvalue weighted by Gasteiger charge is 2.39. The second-order valence-electron chi connectivity index (χ2n) is 9.80. The van der Waals surface area contributed by atoms with Crippen LogP contribution in [0.4, 0.5) is 0 Å². The minimum atomic E-state index is -0.344. The Hall–Kier alpha value is -4.11. The SMILES string of the molecule is C=C(/C=C1\C(=O)C(c2c(-c3ccccc3)n(C)c3ccccc23)=C1O)C(C)(CC)c1ccccc1C. The molecule has 0 saturated heterocycles. The molecule has 0 spiro atoms. The normalized spacial score (nSPS) is 16.3. The monoisotopic (exact) mass is 473 g/mol. The quantitative estimate of drug-likeness (QED) is 0.290. The number of aliphatic hydroxyl groups is 1. The number of aryl methyl sites for hydroxylation is 2. The molecule has 1 heterocycles. The number of Topliss-reactive ketones (excluding diaryl/α,β-unsaturated/α-hetero) is 1. The summed E-state index contributed by atoms with van der Waals surface area (Å²) in [6, 6.07) is 26.3. The van der Waals surface area contributed by atoms with E-state index in [0.717, 1.165) is 39.7 Å². The molecule has 3 aromatic carbocycles. The lowest BCUT2D eigenvalue weighted by molar-refractivity contribution is -0.111. The first-order valence-corrected chi connectivity index (χ1v) is 12.4. The van der Waals surface area contributed by atoms with Gasteiger partial charge in [-0.15, -0.1) is 0 Å². The van der Waals surface area contributed by atoms with Gasteiger partial charge in [0.2, 0.25) is 5.78 Å². The zero-order valence-electron chi connectivity index (χ0n) is 21.3. The lowest BCUT2D eigenvalue weighted by Crippen LogP contribution is -2.26. The summed E-state index contributed by atoms with van der Waals surface area (Å²) in [6.45, 7) is 10.7. The van der Waals surface area contributed by atoms with Gasteiger partial charge in [0, 0.05) is 28.9 Å². The van der Waals surface area contributed by atoms with Gasteiger partial charge >= 0.3 is 0 Å². The van der Waals surface area contributed by atoms with Gasteiger partial charge in [0.25, 0.3) is 0 Å². The summed E-state index contributed by atoms with van der Waals surface area (Å²) < 4.78 is 2.10. The third kappa shape index (κ3) is 3.46. The second-order valence-corrected chi connectivity index (χ2v) is 9.80. The number of allylic oxidation sites excluding steroid dienone is 4.